The molecule has 2 heterocycles. The minimum atomic E-state index is -3.69. The summed E-state index contributed by atoms with van der Waals surface area (Å²) < 4.78 is 46.5. The molecule has 2 aromatic carbocycles. The number of hydrogen-bond acceptors (Lipinski definition) is 4. The lowest BCUT2D eigenvalue weighted by Gasteiger charge is -2.11. The first kappa shape index (κ1) is 20.6. The van der Waals surface area contributed by atoms with Crippen molar-refractivity contribution in [2.75, 3.05) is 13.2 Å². The van der Waals surface area contributed by atoms with Gasteiger partial charge in [-0.1, -0.05) is 30.3 Å². The standard InChI is InChI=1S/C22H23FN2O4S/c23-17-9-7-16(8-10-17)15-30(27,28)21-13-25(20-6-2-1-5-19(20)21)14-22(26)24-12-18-4-3-11-29-18/h1-2,5-10,13,18H,3-4,11-12,14-15H2,(H,24,26)/t18-/m0/s1. The molecule has 6 nitrogen and oxygen atoms in total. The van der Waals surface area contributed by atoms with Crippen LogP contribution in [0.2, 0.25) is 0 Å². The van der Waals surface area contributed by atoms with Crippen molar-refractivity contribution in [2.45, 2.75) is 36.1 Å². The highest BCUT2D eigenvalue weighted by Crippen LogP contribution is 2.28. The van der Waals surface area contributed by atoms with E-state index in [0.717, 1.165) is 19.4 Å². The number of sulfone groups is 1. The highest BCUT2D eigenvalue weighted by molar-refractivity contribution is 7.90. The van der Waals surface area contributed by atoms with Crippen LogP contribution in [0.15, 0.2) is 59.6 Å². The molecule has 0 saturated carbocycles. The van der Waals surface area contributed by atoms with Gasteiger partial charge in [-0.15, -0.1) is 0 Å². The molecule has 158 valence electrons. The van der Waals surface area contributed by atoms with Crippen molar-refractivity contribution in [3.63, 3.8) is 0 Å². The van der Waals surface area contributed by atoms with Crippen molar-refractivity contribution >= 4 is 26.6 Å². The molecule has 1 saturated heterocycles. The number of para-hydroxylation sites is 1. The number of ether oxygens (including phenoxy) is 1. The summed E-state index contributed by atoms with van der Waals surface area (Å²) in [4.78, 5) is 12.6. The zero-order valence-corrected chi connectivity index (χ0v) is 17.2. The van der Waals surface area contributed by atoms with Gasteiger partial charge in [0.25, 0.3) is 0 Å². The van der Waals surface area contributed by atoms with Gasteiger partial charge < -0.3 is 14.6 Å². The molecule has 8 heteroatoms. The van der Waals surface area contributed by atoms with Crippen LogP contribution >= 0.6 is 0 Å². The van der Waals surface area contributed by atoms with Gasteiger partial charge in [0.1, 0.15) is 12.4 Å². The van der Waals surface area contributed by atoms with Gasteiger partial charge in [0.15, 0.2) is 9.84 Å². The Labute approximate surface area is 174 Å². The fourth-order valence-corrected chi connectivity index (χ4v) is 5.30. The number of aromatic nitrogens is 1. The summed E-state index contributed by atoms with van der Waals surface area (Å²) in [6, 6.07) is 12.5. The first-order valence-corrected chi connectivity index (χ1v) is 11.5. The van der Waals surface area contributed by atoms with Crippen LogP contribution in [-0.4, -0.2) is 38.1 Å². The lowest BCUT2D eigenvalue weighted by molar-refractivity contribution is -0.122. The quantitative estimate of drug-likeness (QED) is 0.625. The molecule has 1 atom stereocenters. The minimum absolute atomic E-state index is 0.0132. The summed E-state index contributed by atoms with van der Waals surface area (Å²) in [6.45, 7) is 1.19. The maximum atomic E-state index is 13.1. The van der Waals surface area contributed by atoms with E-state index in [0.29, 0.717) is 23.0 Å². The van der Waals surface area contributed by atoms with Gasteiger partial charge in [-0.05, 0) is 36.6 Å². The molecule has 1 aliphatic heterocycles. The Balaban J connectivity index is 1.56. The third kappa shape index (κ3) is 4.55. The van der Waals surface area contributed by atoms with E-state index in [-0.39, 0.29) is 29.2 Å². The van der Waals surface area contributed by atoms with Gasteiger partial charge in [-0.3, -0.25) is 4.79 Å². The van der Waals surface area contributed by atoms with Crippen molar-refractivity contribution in [3.8, 4) is 0 Å². The molecule has 1 fully saturated rings. The normalized spacial score (nSPS) is 16.8. The van der Waals surface area contributed by atoms with Gasteiger partial charge in [-0.25, -0.2) is 12.8 Å². The SMILES string of the molecule is O=C(Cn1cc(S(=O)(=O)Cc2ccc(F)cc2)c2ccccc21)NC[C@@H]1CCCO1. The first-order chi connectivity index (χ1) is 14.4. The van der Waals surface area contributed by atoms with Gasteiger partial charge >= 0.3 is 0 Å². The predicted octanol–water partition coefficient (Wildman–Crippen LogP) is 3.05. The Morgan fingerprint density at radius 3 is 2.67 bits per heavy atom. The van der Waals surface area contributed by atoms with E-state index in [1.165, 1.54) is 30.5 Å². The summed E-state index contributed by atoms with van der Waals surface area (Å²) in [5.74, 6) is -0.859. The van der Waals surface area contributed by atoms with Gasteiger partial charge in [0.2, 0.25) is 5.91 Å². The van der Waals surface area contributed by atoms with E-state index in [1.807, 2.05) is 0 Å². The van der Waals surface area contributed by atoms with Gasteiger partial charge in [0, 0.05) is 30.3 Å². The summed E-state index contributed by atoms with van der Waals surface area (Å²) in [7, 11) is -3.69. The molecule has 30 heavy (non-hydrogen) atoms. The Bertz CT molecular complexity index is 1150. The van der Waals surface area contributed by atoms with Crippen molar-refractivity contribution in [2.24, 2.45) is 0 Å². The molecule has 4 rings (SSSR count). The van der Waals surface area contributed by atoms with Crippen LogP contribution in [0.4, 0.5) is 4.39 Å². The summed E-state index contributed by atoms with van der Waals surface area (Å²) >= 11 is 0. The lowest BCUT2D eigenvalue weighted by atomic mass is 10.2. The van der Waals surface area contributed by atoms with Crippen LogP contribution in [0.3, 0.4) is 0 Å². The van der Waals surface area contributed by atoms with Crippen LogP contribution in [0.1, 0.15) is 18.4 Å². The molecule has 1 aliphatic rings. The smallest absolute Gasteiger partial charge is 0.240 e. The van der Waals surface area contributed by atoms with Crippen LogP contribution in [0.5, 0.6) is 0 Å². The molecule has 1 aromatic heterocycles. The number of nitrogens with one attached hydrogen (secondary N) is 1. The largest absolute Gasteiger partial charge is 0.376 e. The van der Waals surface area contributed by atoms with E-state index in [9.17, 15) is 17.6 Å². The monoisotopic (exact) mass is 430 g/mol. The second-order valence-corrected chi connectivity index (χ2v) is 9.42. The zero-order valence-electron chi connectivity index (χ0n) is 16.4. The third-order valence-electron chi connectivity index (χ3n) is 5.22. The number of amides is 1. The Kier molecular flexibility index (Phi) is 5.87. The fourth-order valence-electron chi connectivity index (χ4n) is 3.71. The van der Waals surface area contributed by atoms with Crippen molar-refractivity contribution in [3.05, 3.63) is 66.1 Å². The number of rotatable bonds is 7. The number of benzene rings is 2. The summed E-state index contributed by atoms with van der Waals surface area (Å²) in [5, 5.41) is 3.42. The minimum Gasteiger partial charge on any atom is -0.376 e. The topological polar surface area (TPSA) is 77.4 Å². The Morgan fingerprint density at radius 1 is 1.17 bits per heavy atom. The van der Waals surface area contributed by atoms with Crippen molar-refractivity contribution in [1.29, 1.82) is 0 Å². The number of fused-ring (bicyclic) bond motifs is 1. The maximum absolute atomic E-state index is 13.1. The molecular formula is C22H23FN2O4S. The second kappa shape index (κ2) is 8.57. The second-order valence-electron chi connectivity index (χ2n) is 7.46. The molecule has 0 bridgehead atoms. The van der Waals surface area contributed by atoms with E-state index in [4.69, 9.17) is 4.74 Å². The molecule has 0 spiro atoms. The van der Waals surface area contributed by atoms with Crippen molar-refractivity contribution < 1.29 is 22.3 Å². The predicted molar refractivity (Wildman–Crippen MR) is 111 cm³/mol. The van der Waals surface area contributed by atoms with Gasteiger partial charge in [0.05, 0.1) is 16.8 Å². The number of carbonyl (C=O) groups excluding carboxylic acids is 1. The Morgan fingerprint density at radius 2 is 1.93 bits per heavy atom. The summed E-state index contributed by atoms with van der Waals surface area (Å²) in [5.41, 5.74) is 1.17. The number of hydrogen-bond donors (Lipinski definition) is 1. The molecule has 1 N–H and O–H groups in total. The lowest BCUT2D eigenvalue weighted by Crippen LogP contribution is -2.34. The number of nitrogens with zero attached hydrogens (tertiary/aromatic N) is 1. The first-order valence-electron chi connectivity index (χ1n) is 9.86. The van der Waals surface area contributed by atoms with Gasteiger partial charge in [-0.2, -0.15) is 0 Å². The zero-order chi connectivity index (χ0) is 21.1. The van der Waals surface area contributed by atoms with E-state index < -0.39 is 15.7 Å². The van der Waals surface area contributed by atoms with E-state index in [2.05, 4.69) is 5.32 Å². The van der Waals surface area contributed by atoms with Crippen LogP contribution < -0.4 is 5.32 Å². The Hall–Kier alpha value is -2.71. The third-order valence-corrected chi connectivity index (χ3v) is 6.93. The van der Waals surface area contributed by atoms with Crippen LogP contribution in [0.25, 0.3) is 10.9 Å². The van der Waals surface area contributed by atoms with E-state index in [1.54, 1.807) is 28.8 Å². The number of halogens is 1. The van der Waals surface area contributed by atoms with Crippen molar-refractivity contribution in [1.82, 2.24) is 9.88 Å². The molecular weight excluding hydrogens is 407 g/mol. The fraction of sp³-hybridized carbons (Fsp3) is 0.318. The average molecular weight is 431 g/mol. The molecule has 0 radical (unpaired) electrons. The molecule has 1 amide bonds. The summed E-state index contributed by atoms with van der Waals surface area (Å²) in [6.07, 6.45) is 3.48. The van der Waals surface area contributed by atoms with Crippen LogP contribution in [-0.2, 0) is 31.7 Å². The van der Waals surface area contributed by atoms with E-state index >= 15 is 0 Å². The highest BCUT2D eigenvalue weighted by atomic mass is 32.2. The van der Waals surface area contributed by atoms with Crippen LogP contribution in [0, 0.1) is 5.82 Å². The molecule has 0 unspecified atom stereocenters. The molecule has 0 aliphatic carbocycles. The maximum Gasteiger partial charge on any atom is 0.240 e. The number of carbonyl (C=O) groups is 1. The average Bonchev–Trinajstić information content (AvgIpc) is 3.37. The molecule has 3 aromatic rings. The highest BCUT2D eigenvalue weighted by Gasteiger charge is 2.23.